The number of hydrogen-bond acceptors (Lipinski definition) is 2. The van der Waals surface area contributed by atoms with Gasteiger partial charge in [0, 0.05) is 0 Å². The van der Waals surface area contributed by atoms with Crippen LogP contribution in [-0.4, -0.2) is 53.9 Å². The maximum atomic E-state index is 11.3. The second-order valence-electron chi connectivity index (χ2n) is 8.75. The molecule has 1 heterocycles. The number of nitrogens with zero attached hydrogens (tertiary/aromatic N) is 1. The van der Waals surface area contributed by atoms with Crippen LogP contribution in [-0.2, 0) is 9.53 Å². The lowest BCUT2D eigenvalue weighted by Crippen LogP contribution is -2.62. The first kappa shape index (κ1) is 22.4. The Morgan fingerprint density at radius 3 is 1.92 bits per heavy atom. The van der Waals surface area contributed by atoms with Gasteiger partial charge in [-0.25, -0.2) is 4.79 Å². The number of carboxylic acid groups (broad SMARTS) is 1. The van der Waals surface area contributed by atoms with Crippen LogP contribution in [0.5, 0.6) is 0 Å². The van der Waals surface area contributed by atoms with Crippen molar-refractivity contribution in [2.45, 2.75) is 97.7 Å². The van der Waals surface area contributed by atoms with Gasteiger partial charge < -0.3 is 14.3 Å². The molecule has 0 bridgehead atoms. The molecule has 1 N–H and O–H groups in total. The zero-order valence-corrected chi connectivity index (χ0v) is 17.1. The first-order valence-electron chi connectivity index (χ1n) is 10.6. The van der Waals surface area contributed by atoms with E-state index in [2.05, 4.69) is 27.7 Å². The van der Waals surface area contributed by atoms with Crippen molar-refractivity contribution in [1.29, 1.82) is 0 Å². The molecule has 2 unspecified atom stereocenters. The summed E-state index contributed by atoms with van der Waals surface area (Å²) in [6.07, 6.45) is 12.2. The Balaban J connectivity index is 2.17. The molecule has 0 spiro atoms. The Morgan fingerprint density at radius 2 is 1.44 bits per heavy atom. The Morgan fingerprint density at radius 1 is 0.960 bits per heavy atom. The van der Waals surface area contributed by atoms with E-state index in [0.29, 0.717) is 4.48 Å². The molecule has 2 atom stereocenters. The minimum Gasteiger partial charge on any atom is -0.477 e. The molecule has 1 rings (SSSR count). The van der Waals surface area contributed by atoms with Gasteiger partial charge in [0.25, 0.3) is 0 Å². The first-order valence-corrected chi connectivity index (χ1v) is 10.6. The van der Waals surface area contributed by atoms with Crippen molar-refractivity contribution in [2.24, 2.45) is 5.92 Å². The zero-order valence-electron chi connectivity index (χ0n) is 17.1. The number of hydrogen-bond donors (Lipinski definition) is 1. The van der Waals surface area contributed by atoms with Crippen LogP contribution in [0.4, 0.5) is 0 Å². The fourth-order valence-corrected chi connectivity index (χ4v) is 4.39. The fourth-order valence-electron chi connectivity index (χ4n) is 4.39. The Bertz CT molecular complexity index is 360. The van der Waals surface area contributed by atoms with E-state index in [4.69, 9.17) is 4.74 Å². The minimum atomic E-state index is -0.678. The Labute approximate surface area is 155 Å². The van der Waals surface area contributed by atoms with E-state index < -0.39 is 5.97 Å². The van der Waals surface area contributed by atoms with Gasteiger partial charge in [-0.3, -0.25) is 0 Å². The Hall–Kier alpha value is -0.610. The van der Waals surface area contributed by atoms with Crippen molar-refractivity contribution in [3.63, 3.8) is 0 Å². The maximum Gasteiger partial charge on any atom is 0.359 e. The summed E-state index contributed by atoms with van der Waals surface area (Å²) in [7, 11) is 0. The summed E-state index contributed by atoms with van der Waals surface area (Å²) in [6.45, 7) is 11.7. The minimum absolute atomic E-state index is 0.161. The van der Waals surface area contributed by atoms with Crippen molar-refractivity contribution < 1.29 is 19.1 Å². The molecule has 1 aliphatic rings. The van der Waals surface area contributed by atoms with Gasteiger partial charge in [-0.05, 0) is 32.6 Å². The summed E-state index contributed by atoms with van der Waals surface area (Å²) >= 11 is 0. The third-order valence-corrected chi connectivity index (χ3v) is 5.39. The molecule has 4 nitrogen and oxygen atoms in total. The molecule has 25 heavy (non-hydrogen) atoms. The second kappa shape index (κ2) is 11.9. The van der Waals surface area contributed by atoms with E-state index in [9.17, 15) is 9.90 Å². The second-order valence-corrected chi connectivity index (χ2v) is 8.75. The number of morpholine rings is 1. The molecule has 0 aliphatic carbocycles. The van der Waals surface area contributed by atoms with Crippen LogP contribution in [0.2, 0.25) is 0 Å². The largest absolute Gasteiger partial charge is 0.477 e. The molecule has 0 aromatic carbocycles. The molecule has 0 saturated carbocycles. The predicted molar refractivity (Wildman–Crippen MR) is 104 cm³/mol. The molecule has 1 saturated heterocycles. The summed E-state index contributed by atoms with van der Waals surface area (Å²) in [5, 5.41) is 9.32. The van der Waals surface area contributed by atoms with Gasteiger partial charge in [-0.2, -0.15) is 0 Å². The number of aliphatic carboxylic acids is 1. The van der Waals surface area contributed by atoms with E-state index in [1.807, 2.05) is 0 Å². The number of carboxylic acids is 1. The van der Waals surface area contributed by atoms with Crippen LogP contribution < -0.4 is 0 Å². The van der Waals surface area contributed by atoms with E-state index in [1.165, 1.54) is 51.4 Å². The molecule has 0 radical (unpaired) electrons. The van der Waals surface area contributed by atoms with Gasteiger partial charge >= 0.3 is 5.97 Å². The lowest BCUT2D eigenvalue weighted by atomic mass is 10.0. The number of carbonyl (C=O) groups is 1. The number of unbranched alkanes of at least 4 members (excludes halogenated alkanes) is 7. The zero-order chi connectivity index (χ0) is 18.7. The molecule has 0 amide bonds. The highest BCUT2D eigenvalue weighted by Gasteiger charge is 2.38. The quantitative estimate of drug-likeness (QED) is 0.378. The lowest BCUT2D eigenvalue weighted by molar-refractivity contribution is -0.935. The van der Waals surface area contributed by atoms with Gasteiger partial charge in [-0.15, -0.1) is 0 Å². The van der Waals surface area contributed by atoms with Crippen molar-refractivity contribution in [2.75, 3.05) is 26.2 Å². The first-order chi connectivity index (χ1) is 11.8. The topological polar surface area (TPSA) is 46.5 Å². The molecule has 0 aromatic heterocycles. The summed E-state index contributed by atoms with van der Waals surface area (Å²) in [5.41, 5.74) is 0. The molecular formula is C21H42NO3+. The van der Waals surface area contributed by atoms with Crippen LogP contribution in [0.3, 0.4) is 0 Å². The standard InChI is InChI=1S/C21H41NO3/c1-18(2)13-11-9-7-5-6-8-10-12-14-22(17-21(23)24)15-19(3)25-20(4)16-22/h18-20H,5-17H2,1-4H3/p+1. The fraction of sp³-hybridized carbons (Fsp3) is 0.952. The van der Waals surface area contributed by atoms with Gasteiger partial charge in [0.1, 0.15) is 25.3 Å². The van der Waals surface area contributed by atoms with Gasteiger partial charge in [0.05, 0.1) is 6.54 Å². The summed E-state index contributed by atoms with van der Waals surface area (Å²) in [4.78, 5) is 11.3. The molecule has 148 valence electrons. The van der Waals surface area contributed by atoms with Crippen molar-refractivity contribution in [3.8, 4) is 0 Å². The highest BCUT2D eigenvalue weighted by Crippen LogP contribution is 2.21. The van der Waals surface area contributed by atoms with E-state index >= 15 is 0 Å². The third kappa shape index (κ3) is 10.2. The lowest BCUT2D eigenvalue weighted by Gasteiger charge is -2.45. The predicted octanol–water partition coefficient (Wildman–Crippen LogP) is 4.86. The third-order valence-electron chi connectivity index (χ3n) is 5.39. The number of rotatable bonds is 13. The van der Waals surface area contributed by atoms with E-state index in [1.54, 1.807) is 0 Å². The maximum absolute atomic E-state index is 11.3. The number of quaternary nitrogens is 1. The van der Waals surface area contributed by atoms with Crippen molar-refractivity contribution >= 4 is 5.97 Å². The monoisotopic (exact) mass is 356 g/mol. The van der Waals surface area contributed by atoms with Crippen LogP contribution in [0.1, 0.15) is 85.5 Å². The Kier molecular flexibility index (Phi) is 10.7. The molecule has 1 fully saturated rings. The van der Waals surface area contributed by atoms with Crippen LogP contribution in [0.25, 0.3) is 0 Å². The summed E-state index contributed by atoms with van der Waals surface area (Å²) in [6, 6.07) is 0. The van der Waals surface area contributed by atoms with Crippen molar-refractivity contribution in [1.82, 2.24) is 0 Å². The SMILES string of the molecule is CC(C)CCCCCCCCCC[N+]1(CC(=O)O)CC(C)OC(C)C1. The number of ether oxygens (including phenoxy) is 1. The van der Waals surface area contributed by atoms with Gasteiger partial charge in [-0.1, -0.05) is 58.8 Å². The molecule has 0 aromatic rings. The van der Waals surface area contributed by atoms with Crippen LogP contribution in [0.15, 0.2) is 0 Å². The van der Waals surface area contributed by atoms with Gasteiger partial charge in [0.15, 0.2) is 6.54 Å². The van der Waals surface area contributed by atoms with Gasteiger partial charge in [0.2, 0.25) is 0 Å². The average molecular weight is 357 g/mol. The highest BCUT2D eigenvalue weighted by atomic mass is 16.5. The summed E-state index contributed by atoms with van der Waals surface area (Å²) in [5.74, 6) is 0.162. The molecule has 1 aliphatic heterocycles. The van der Waals surface area contributed by atoms with E-state index in [-0.39, 0.29) is 18.8 Å². The van der Waals surface area contributed by atoms with Crippen LogP contribution >= 0.6 is 0 Å². The highest BCUT2D eigenvalue weighted by molar-refractivity contribution is 5.67. The average Bonchev–Trinajstić information content (AvgIpc) is 2.46. The smallest absolute Gasteiger partial charge is 0.359 e. The van der Waals surface area contributed by atoms with E-state index in [0.717, 1.165) is 32.0 Å². The van der Waals surface area contributed by atoms with Crippen LogP contribution in [0, 0.1) is 5.92 Å². The summed E-state index contributed by atoms with van der Waals surface area (Å²) < 4.78 is 6.52. The molecule has 4 heteroatoms. The van der Waals surface area contributed by atoms with Crippen molar-refractivity contribution in [3.05, 3.63) is 0 Å². The molecular weight excluding hydrogens is 314 g/mol. The normalized spacial score (nSPS) is 26.9.